The molecule has 10 nitrogen and oxygen atoms in total. The Morgan fingerprint density at radius 1 is 0.878 bits per heavy atom. The number of nitrogens with zero attached hydrogens (tertiary/aromatic N) is 10. The number of hydrogen-bond donors (Lipinski definition) is 0. The predicted molar refractivity (Wildman–Crippen MR) is 147 cm³/mol. The van der Waals surface area contributed by atoms with E-state index in [0.29, 0.717) is 16.9 Å². The van der Waals surface area contributed by atoms with Crippen molar-refractivity contribution in [2.24, 2.45) is 0 Å². The molecule has 1 aromatic carbocycles. The highest BCUT2D eigenvalue weighted by molar-refractivity contribution is 6.31. The van der Waals surface area contributed by atoms with Gasteiger partial charge in [-0.2, -0.15) is 14.9 Å². The molecule has 0 saturated carbocycles. The summed E-state index contributed by atoms with van der Waals surface area (Å²) < 4.78 is 33.7. The Balaban J connectivity index is 1.38. The van der Waals surface area contributed by atoms with Gasteiger partial charge in [0.15, 0.2) is 11.6 Å². The zero-order chi connectivity index (χ0) is 28.5. The van der Waals surface area contributed by atoms with E-state index in [-0.39, 0.29) is 23.0 Å². The van der Waals surface area contributed by atoms with Gasteiger partial charge in [0.1, 0.15) is 12.4 Å². The molecule has 0 radical (unpaired) electrons. The van der Waals surface area contributed by atoms with Gasteiger partial charge < -0.3 is 0 Å². The minimum Gasteiger partial charge on any atom is -0.267 e. The molecule has 0 saturated heterocycles. The summed E-state index contributed by atoms with van der Waals surface area (Å²) in [5, 5.41) is 19.9. The topological polar surface area (TPSA) is 105 Å². The lowest BCUT2D eigenvalue weighted by atomic mass is 10.0. The molecule has 6 rings (SSSR count). The second-order valence-electron chi connectivity index (χ2n) is 9.71. The summed E-state index contributed by atoms with van der Waals surface area (Å²) in [5.74, 6) is -0.786. The monoisotopic (exact) mass is 572 g/mol. The van der Waals surface area contributed by atoms with Crippen molar-refractivity contribution in [2.75, 3.05) is 0 Å². The molecule has 0 aliphatic carbocycles. The molecule has 0 spiro atoms. The van der Waals surface area contributed by atoms with Crippen LogP contribution in [0.4, 0.5) is 8.78 Å². The van der Waals surface area contributed by atoms with Crippen LogP contribution in [0.3, 0.4) is 0 Å². The van der Waals surface area contributed by atoms with Gasteiger partial charge in [0.2, 0.25) is 0 Å². The Labute approximate surface area is 238 Å². The van der Waals surface area contributed by atoms with Crippen molar-refractivity contribution >= 4 is 11.6 Å². The molecule has 0 amide bonds. The van der Waals surface area contributed by atoms with E-state index in [0.717, 1.165) is 23.0 Å². The van der Waals surface area contributed by atoms with E-state index in [1.54, 1.807) is 41.5 Å². The summed E-state index contributed by atoms with van der Waals surface area (Å²) in [6.07, 6.45) is 10.8. The third-order valence-corrected chi connectivity index (χ3v) is 6.97. The van der Waals surface area contributed by atoms with Gasteiger partial charge in [-0.3, -0.25) is 19.3 Å². The second-order valence-corrected chi connectivity index (χ2v) is 10.1. The van der Waals surface area contributed by atoms with Crippen LogP contribution in [-0.4, -0.2) is 49.7 Å². The van der Waals surface area contributed by atoms with Crippen molar-refractivity contribution in [3.05, 3.63) is 108 Å². The average Bonchev–Trinajstić information content (AvgIpc) is 3.76. The van der Waals surface area contributed by atoms with Crippen LogP contribution in [0.15, 0.2) is 79.9 Å². The van der Waals surface area contributed by atoms with Gasteiger partial charge in [-0.25, -0.2) is 8.78 Å². The van der Waals surface area contributed by atoms with Crippen LogP contribution in [0.25, 0.3) is 27.9 Å². The van der Waals surface area contributed by atoms with Crippen molar-refractivity contribution < 1.29 is 8.78 Å². The van der Waals surface area contributed by atoms with Crippen LogP contribution in [-0.2, 0) is 6.54 Å². The first kappa shape index (κ1) is 26.4. The molecule has 5 heterocycles. The Morgan fingerprint density at radius 2 is 1.76 bits per heavy atom. The molecule has 13 heteroatoms. The summed E-state index contributed by atoms with van der Waals surface area (Å²) in [6, 6.07) is 10.1. The van der Waals surface area contributed by atoms with E-state index in [4.69, 9.17) is 11.6 Å². The van der Waals surface area contributed by atoms with Gasteiger partial charge in [0.25, 0.3) is 0 Å². The number of halogens is 3. The van der Waals surface area contributed by atoms with Gasteiger partial charge in [-0.05, 0) is 52.2 Å². The minimum absolute atomic E-state index is 0.0414. The van der Waals surface area contributed by atoms with Crippen LogP contribution in [0.2, 0.25) is 5.02 Å². The van der Waals surface area contributed by atoms with Gasteiger partial charge in [-0.15, -0.1) is 5.10 Å². The smallest absolute Gasteiger partial charge is 0.161 e. The van der Waals surface area contributed by atoms with Gasteiger partial charge in [0, 0.05) is 41.0 Å². The Hall–Kier alpha value is -4.84. The van der Waals surface area contributed by atoms with Crippen LogP contribution >= 0.6 is 11.6 Å². The molecule has 0 N–H and O–H groups in total. The highest BCUT2D eigenvalue weighted by Gasteiger charge is 2.21. The lowest BCUT2D eigenvalue weighted by Gasteiger charge is -2.18. The van der Waals surface area contributed by atoms with E-state index >= 15 is 4.39 Å². The van der Waals surface area contributed by atoms with Crippen molar-refractivity contribution in [1.82, 2.24) is 49.7 Å². The van der Waals surface area contributed by atoms with Gasteiger partial charge in [0.05, 0.1) is 41.5 Å². The van der Waals surface area contributed by atoms with Gasteiger partial charge >= 0.3 is 0 Å². The maximum absolute atomic E-state index is 15.3. The summed E-state index contributed by atoms with van der Waals surface area (Å²) in [6.45, 7) is 4.43. The molecule has 0 fully saturated rings. The van der Waals surface area contributed by atoms with Crippen LogP contribution in [0.5, 0.6) is 0 Å². The molecule has 41 heavy (non-hydrogen) atoms. The molecule has 6 aromatic rings. The SMILES string of the molecule is CC(C)c1cc(-c2cnn(C(Cn3cc(F)cn3)c3ccc(-c4c(-n5cnnn5)ccc(Cl)c4F)cn3)c2)ccn1. The summed E-state index contributed by atoms with van der Waals surface area (Å²) in [7, 11) is 0. The standard InChI is InChI=1S/C28H23ClF2N10/c1-17(2)24-9-18(7-8-32-24)20-11-36-40(13-20)26(15-39-14-21(30)12-35-39)23-5-3-19(10-33-23)27-25(41-16-34-37-38-41)6-4-22(29)28(27)31/h3-14,16-17,26H,15H2,1-2H3. The molecule has 0 aliphatic rings. The number of tetrazole rings is 1. The third-order valence-electron chi connectivity index (χ3n) is 6.67. The van der Waals surface area contributed by atoms with E-state index in [9.17, 15) is 4.39 Å². The van der Waals surface area contributed by atoms with Crippen LogP contribution in [0, 0.1) is 11.6 Å². The first-order chi connectivity index (χ1) is 19.9. The second kappa shape index (κ2) is 11.0. The molecule has 0 bridgehead atoms. The van der Waals surface area contributed by atoms with E-state index in [2.05, 4.69) is 49.5 Å². The Morgan fingerprint density at radius 3 is 2.46 bits per heavy atom. The fraction of sp³-hybridized carbons (Fsp3) is 0.179. The number of rotatable bonds is 8. The highest BCUT2D eigenvalue weighted by atomic mass is 35.5. The highest BCUT2D eigenvalue weighted by Crippen LogP contribution is 2.34. The quantitative estimate of drug-likeness (QED) is 0.236. The molecule has 5 aromatic heterocycles. The molecule has 206 valence electrons. The molecule has 1 atom stereocenters. The zero-order valence-corrected chi connectivity index (χ0v) is 22.7. The largest absolute Gasteiger partial charge is 0.267 e. The molecule has 0 aliphatic heterocycles. The fourth-order valence-corrected chi connectivity index (χ4v) is 4.71. The Kier molecular flexibility index (Phi) is 7.06. The van der Waals surface area contributed by atoms with Crippen molar-refractivity contribution in [3.8, 4) is 27.9 Å². The lowest BCUT2D eigenvalue weighted by molar-refractivity contribution is 0.421. The van der Waals surface area contributed by atoms with E-state index in [1.807, 2.05) is 18.3 Å². The van der Waals surface area contributed by atoms with Crippen LogP contribution in [0.1, 0.15) is 37.2 Å². The van der Waals surface area contributed by atoms with E-state index in [1.165, 1.54) is 28.0 Å². The minimum atomic E-state index is -0.618. The van der Waals surface area contributed by atoms with Crippen molar-refractivity contribution in [1.29, 1.82) is 0 Å². The zero-order valence-electron chi connectivity index (χ0n) is 22.0. The predicted octanol–water partition coefficient (Wildman–Crippen LogP) is 5.52. The maximum atomic E-state index is 15.3. The van der Waals surface area contributed by atoms with E-state index < -0.39 is 17.7 Å². The van der Waals surface area contributed by atoms with Crippen molar-refractivity contribution in [2.45, 2.75) is 32.4 Å². The number of pyridine rings is 2. The number of hydrogen-bond acceptors (Lipinski definition) is 7. The molecular formula is C28H23ClF2N10. The van der Waals surface area contributed by atoms with Crippen molar-refractivity contribution in [3.63, 3.8) is 0 Å². The first-order valence-corrected chi connectivity index (χ1v) is 13.1. The summed E-state index contributed by atoms with van der Waals surface area (Å²) in [5.41, 5.74) is 4.55. The normalized spacial score (nSPS) is 12.2. The summed E-state index contributed by atoms with van der Waals surface area (Å²) >= 11 is 6.12. The lowest BCUT2D eigenvalue weighted by Crippen LogP contribution is -2.19. The fourth-order valence-electron chi connectivity index (χ4n) is 4.56. The molecule has 1 unspecified atom stereocenters. The first-order valence-electron chi connectivity index (χ1n) is 12.7. The van der Waals surface area contributed by atoms with Gasteiger partial charge in [-0.1, -0.05) is 31.5 Å². The number of benzene rings is 1. The third kappa shape index (κ3) is 5.33. The van der Waals surface area contributed by atoms with Crippen LogP contribution < -0.4 is 0 Å². The Bertz CT molecular complexity index is 1800. The number of aromatic nitrogens is 10. The average molecular weight is 573 g/mol. The maximum Gasteiger partial charge on any atom is 0.161 e. The summed E-state index contributed by atoms with van der Waals surface area (Å²) in [4.78, 5) is 9.12. The molecular weight excluding hydrogens is 550 g/mol.